The molecule has 23 heavy (non-hydrogen) atoms. The minimum atomic E-state index is -0.189. The fourth-order valence-corrected chi connectivity index (χ4v) is 2.36. The number of pyridine rings is 1. The van der Waals surface area contributed by atoms with Gasteiger partial charge in [0, 0.05) is 5.56 Å². The first kappa shape index (κ1) is 15.2. The predicted octanol–water partition coefficient (Wildman–Crippen LogP) is 4.47. The highest BCUT2D eigenvalue weighted by Gasteiger charge is 2.07. The number of rotatable bonds is 3. The van der Waals surface area contributed by atoms with E-state index in [0.717, 1.165) is 11.1 Å². The number of benzene rings is 2. The number of phenols is 1. The number of amides is 1. The molecule has 0 aliphatic carbocycles. The number of hydrogen-bond donors (Lipinski definition) is 2. The van der Waals surface area contributed by atoms with E-state index >= 15 is 0 Å². The molecule has 0 atom stereocenters. The monoisotopic (exact) mass is 368 g/mol. The van der Waals surface area contributed by atoms with Gasteiger partial charge in [-0.15, -0.1) is 0 Å². The summed E-state index contributed by atoms with van der Waals surface area (Å²) in [5.74, 6) is 0.0410. The molecule has 0 aliphatic heterocycles. The molecule has 0 bridgehead atoms. The van der Waals surface area contributed by atoms with E-state index in [4.69, 9.17) is 0 Å². The molecule has 5 heteroatoms. The van der Waals surface area contributed by atoms with Crippen LogP contribution < -0.4 is 5.32 Å². The fraction of sp³-hybridized carbons (Fsp3) is 0. The number of halogens is 1. The van der Waals surface area contributed by atoms with Crippen LogP contribution in [0, 0.1) is 0 Å². The number of nitrogens with zero attached hydrogens (tertiary/aromatic N) is 1. The molecule has 3 aromatic rings. The van der Waals surface area contributed by atoms with Gasteiger partial charge in [0.15, 0.2) is 0 Å². The van der Waals surface area contributed by atoms with Gasteiger partial charge in [-0.2, -0.15) is 0 Å². The number of aromatic hydroxyl groups is 1. The average molecular weight is 369 g/mol. The van der Waals surface area contributed by atoms with Gasteiger partial charge < -0.3 is 10.4 Å². The molecule has 1 amide bonds. The molecule has 0 saturated carbocycles. The van der Waals surface area contributed by atoms with Crippen LogP contribution in [0.4, 0.5) is 5.69 Å². The summed E-state index contributed by atoms with van der Waals surface area (Å²) in [4.78, 5) is 16.3. The van der Waals surface area contributed by atoms with Crippen molar-refractivity contribution in [2.75, 3.05) is 5.32 Å². The van der Waals surface area contributed by atoms with Crippen LogP contribution in [0.1, 0.15) is 10.4 Å². The lowest BCUT2D eigenvalue weighted by Gasteiger charge is -2.06. The minimum absolute atomic E-state index is 0.189. The molecule has 4 nitrogen and oxygen atoms in total. The first-order valence-corrected chi connectivity index (χ1v) is 7.73. The zero-order valence-electron chi connectivity index (χ0n) is 12.0. The van der Waals surface area contributed by atoms with Crippen molar-refractivity contribution >= 4 is 27.5 Å². The summed E-state index contributed by atoms with van der Waals surface area (Å²) in [5, 5.41) is 12.1. The summed E-state index contributed by atoms with van der Waals surface area (Å²) in [6, 6.07) is 17.8. The second-order valence-corrected chi connectivity index (χ2v) is 5.76. The van der Waals surface area contributed by atoms with Crippen LogP contribution in [-0.4, -0.2) is 16.0 Å². The predicted molar refractivity (Wildman–Crippen MR) is 93.4 cm³/mol. The molecule has 114 valence electrons. The Balaban J connectivity index is 1.74. The van der Waals surface area contributed by atoms with Crippen molar-refractivity contribution in [1.82, 2.24) is 4.98 Å². The molecule has 0 unspecified atom stereocenters. The Morgan fingerprint density at radius 3 is 2.09 bits per heavy atom. The van der Waals surface area contributed by atoms with Crippen LogP contribution in [0.3, 0.4) is 0 Å². The zero-order valence-corrected chi connectivity index (χ0v) is 13.6. The standard InChI is InChI=1S/C18H13BrN2O2/c19-17-10-7-15(11-20-17)21-18(23)14-3-1-12(2-4-14)13-5-8-16(22)9-6-13/h1-11,22H,(H,21,23). The summed E-state index contributed by atoms with van der Waals surface area (Å²) in [5.41, 5.74) is 3.16. The largest absolute Gasteiger partial charge is 0.508 e. The number of aromatic nitrogens is 1. The van der Waals surface area contributed by atoms with Crippen molar-refractivity contribution in [3.63, 3.8) is 0 Å². The Hall–Kier alpha value is -2.66. The van der Waals surface area contributed by atoms with Gasteiger partial charge in [0.1, 0.15) is 10.4 Å². The van der Waals surface area contributed by atoms with Crippen LogP contribution in [0.15, 0.2) is 71.5 Å². The maximum atomic E-state index is 12.2. The van der Waals surface area contributed by atoms with Gasteiger partial charge in [-0.05, 0) is 63.5 Å². The highest BCUT2D eigenvalue weighted by molar-refractivity contribution is 9.10. The lowest BCUT2D eigenvalue weighted by atomic mass is 10.0. The Bertz CT molecular complexity index is 813. The Kier molecular flexibility index (Phi) is 4.39. The third-order valence-electron chi connectivity index (χ3n) is 3.33. The molecule has 3 rings (SSSR count). The summed E-state index contributed by atoms with van der Waals surface area (Å²) in [6.07, 6.45) is 1.59. The summed E-state index contributed by atoms with van der Waals surface area (Å²) in [6.45, 7) is 0. The number of nitrogens with one attached hydrogen (secondary N) is 1. The van der Waals surface area contributed by atoms with Gasteiger partial charge in [0.25, 0.3) is 5.91 Å². The van der Waals surface area contributed by atoms with Crippen LogP contribution in [0.2, 0.25) is 0 Å². The van der Waals surface area contributed by atoms with Crippen LogP contribution in [0.25, 0.3) is 11.1 Å². The van der Waals surface area contributed by atoms with Crippen molar-refractivity contribution < 1.29 is 9.90 Å². The maximum absolute atomic E-state index is 12.2. The number of carbonyl (C=O) groups is 1. The maximum Gasteiger partial charge on any atom is 0.255 e. The number of carbonyl (C=O) groups excluding carboxylic acids is 1. The molecule has 1 heterocycles. The second kappa shape index (κ2) is 6.62. The van der Waals surface area contributed by atoms with E-state index in [1.54, 1.807) is 42.6 Å². The van der Waals surface area contributed by atoms with E-state index in [1.165, 1.54) is 0 Å². The van der Waals surface area contributed by atoms with E-state index in [2.05, 4.69) is 26.2 Å². The van der Waals surface area contributed by atoms with Gasteiger partial charge in [-0.3, -0.25) is 4.79 Å². The van der Waals surface area contributed by atoms with Crippen molar-refractivity contribution in [3.05, 3.63) is 77.0 Å². The smallest absolute Gasteiger partial charge is 0.255 e. The van der Waals surface area contributed by atoms with Crippen molar-refractivity contribution in [1.29, 1.82) is 0 Å². The highest BCUT2D eigenvalue weighted by Crippen LogP contribution is 2.22. The Labute approximate surface area is 142 Å². The summed E-state index contributed by atoms with van der Waals surface area (Å²) in [7, 11) is 0. The van der Waals surface area contributed by atoms with Gasteiger partial charge in [0.05, 0.1) is 11.9 Å². The summed E-state index contributed by atoms with van der Waals surface area (Å²) >= 11 is 3.25. The molecule has 2 aromatic carbocycles. The SMILES string of the molecule is O=C(Nc1ccc(Br)nc1)c1ccc(-c2ccc(O)cc2)cc1. The molecule has 0 spiro atoms. The molecular formula is C18H13BrN2O2. The third kappa shape index (κ3) is 3.76. The van der Waals surface area contributed by atoms with E-state index in [0.29, 0.717) is 15.9 Å². The normalized spacial score (nSPS) is 10.3. The average Bonchev–Trinajstić information content (AvgIpc) is 2.58. The molecule has 0 saturated heterocycles. The minimum Gasteiger partial charge on any atom is -0.508 e. The van der Waals surface area contributed by atoms with Crippen molar-refractivity contribution in [2.45, 2.75) is 0 Å². The Morgan fingerprint density at radius 2 is 1.52 bits per heavy atom. The lowest BCUT2D eigenvalue weighted by Crippen LogP contribution is -2.11. The van der Waals surface area contributed by atoms with Gasteiger partial charge in [-0.25, -0.2) is 4.98 Å². The van der Waals surface area contributed by atoms with Crippen LogP contribution in [-0.2, 0) is 0 Å². The van der Waals surface area contributed by atoms with Gasteiger partial charge >= 0.3 is 0 Å². The molecule has 0 fully saturated rings. The van der Waals surface area contributed by atoms with Crippen molar-refractivity contribution in [3.8, 4) is 16.9 Å². The first-order chi connectivity index (χ1) is 11.1. The molecule has 0 radical (unpaired) electrons. The molecular weight excluding hydrogens is 356 g/mol. The second-order valence-electron chi connectivity index (χ2n) is 4.95. The highest BCUT2D eigenvalue weighted by atomic mass is 79.9. The van der Waals surface area contributed by atoms with E-state index in [1.807, 2.05) is 24.3 Å². The zero-order chi connectivity index (χ0) is 16.2. The van der Waals surface area contributed by atoms with Crippen molar-refractivity contribution in [2.24, 2.45) is 0 Å². The third-order valence-corrected chi connectivity index (χ3v) is 3.80. The van der Waals surface area contributed by atoms with Gasteiger partial charge in [-0.1, -0.05) is 24.3 Å². The molecule has 2 N–H and O–H groups in total. The number of phenolic OH excluding ortho intramolecular Hbond substituents is 1. The Morgan fingerprint density at radius 1 is 0.913 bits per heavy atom. The van der Waals surface area contributed by atoms with Crippen LogP contribution in [0.5, 0.6) is 5.75 Å². The topological polar surface area (TPSA) is 62.2 Å². The fourth-order valence-electron chi connectivity index (χ4n) is 2.12. The number of anilines is 1. The molecule has 1 aromatic heterocycles. The van der Waals surface area contributed by atoms with E-state index in [-0.39, 0.29) is 11.7 Å². The van der Waals surface area contributed by atoms with Crippen LogP contribution >= 0.6 is 15.9 Å². The summed E-state index contributed by atoms with van der Waals surface area (Å²) < 4.78 is 0.716. The number of hydrogen-bond acceptors (Lipinski definition) is 3. The lowest BCUT2D eigenvalue weighted by molar-refractivity contribution is 0.102. The molecule has 0 aliphatic rings. The first-order valence-electron chi connectivity index (χ1n) is 6.94. The van der Waals surface area contributed by atoms with E-state index in [9.17, 15) is 9.90 Å². The quantitative estimate of drug-likeness (QED) is 0.670. The van der Waals surface area contributed by atoms with E-state index < -0.39 is 0 Å². The van der Waals surface area contributed by atoms with Gasteiger partial charge in [0.2, 0.25) is 0 Å².